The largest absolute Gasteiger partial charge is 1.00 e. The zero-order valence-corrected chi connectivity index (χ0v) is 13.7. The van der Waals surface area contributed by atoms with E-state index in [4.69, 9.17) is 0 Å². The van der Waals surface area contributed by atoms with Crippen molar-refractivity contribution in [3.05, 3.63) is 18.0 Å². The van der Waals surface area contributed by atoms with Crippen LogP contribution in [0, 0.1) is 0 Å². The Morgan fingerprint density at radius 1 is 1.53 bits per heavy atom. The molecule has 0 bridgehead atoms. The number of nitrogens with zero attached hydrogens (tertiary/aromatic N) is 1. The first kappa shape index (κ1) is 18.2. The third-order valence-electron chi connectivity index (χ3n) is 1.61. The Bertz CT molecular complexity index is 366. The van der Waals surface area contributed by atoms with E-state index >= 15 is 0 Å². The Balaban J connectivity index is 0. The summed E-state index contributed by atoms with van der Waals surface area (Å²) < 4.78 is 22.3. The van der Waals surface area contributed by atoms with E-state index in [1.807, 2.05) is 0 Å². The molecule has 1 rings (SSSR count). The minimum absolute atomic E-state index is 0. The average molecular weight is 247 g/mol. The number of carboxylic acids is 1. The zero-order chi connectivity index (χ0) is 10.0. The van der Waals surface area contributed by atoms with Crippen molar-refractivity contribution in [2.45, 2.75) is 18.4 Å². The monoisotopic (exact) mass is 247 g/mol. The number of aromatic carboxylic acids is 1. The molecule has 0 saturated carbocycles. The van der Waals surface area contributed by atoms with E-state index in [-0.39, 0.29) is 69.7 Å². The Labute approximate surface area is 134 Å². The molecule has 0 spiro atoms. The molecule has 0 radical (unpaired) electrons. The summed E-state index contributed by atoms with van der Waals surface area (Å²) in [5, 5.41) is 10.5. The van der Waals surface area contributed by atoms with Gasteiger partial charge in [0, 0.05) is 17.6 Å². The van der Waals surface area contributed by atoms with Crippen molar-refractivity contribution in [3.63, 3.8) is 0 Å². The van der Waals surface area contributed by atoms with Gasteiger partial charge in [0.2, 0.25) is 0 Å². The van der Waals surface area contributed by atoms with Crippen LogP contribution in [0.5, 0.6) is 0 Å². The van der Waals surface area contributed by atoms with Gasteiger partial charge in [0.05, 0.1) is 11.7 Å². The fourth-order valence-corrected chi connectivity index (χ4v) is 1.43. The predicted molar refractivity (Wildman–Crippen MR) is 41.6 cm³/mol. The van der Waals surface area contributed by atoms with Gasteiger partial charge >= 0.3 is 59.1 Å². The first-order valence-electron chi connectivity index (χ1n) is 3.57. The van der Waals surface area contributed by atoms with E-state index in [1.165, 1.54) is 10.8 Å². The number of hydrogen-bond donors (Lipinski definition) is 0. The molecule has 5 nitrogen and oxygen atoms in total. The standard InChI is InChI=1S/C7H9NO4S.2Na/c1-2-8-4-5(13(11)12)3-6(8)7(9)10;;/h3-4H,2H2,1H3,(H,9,10)(H,11,12);;/q;2*+1/p-2. The van der Waals surface area contributed by atoms with Crippen LogP contribution in [0.2, 0.25) is 0 Å². The van der Waals surface area contributed by atoms with E-state index in [2.05, 4.69) is 0 Å². The van der Waals surface area contributed by atoms with Crippen LogP contribution in [0.15, 0.2) is 17.2 Å². The summed E-state index contributed by atoms with van der Waals surface area (Å²) in [6, 6.07) is 1.07. The molecule has 8 heteroatoms. The molecule has 1 atom stereocenters. The fraction of sp³-hybridized carbons (Fsp3) is 0.286. The molecule has 0 N–H and O–H groups in total. The van der Waals surface area contributed by atoms with Gasteiger partial charge < -0.3 is 19.0 Å². The van der Waals surface area contributed by atoms with Gasteiger partial charge in [0.15, 0.2) is 0 Å². The summed E-state index contributed by atoms with van der Waals surface area (Å²) in [6.45, 7) is 2.10. The molecule has 0 saturated heterocycles. The van der Waals surface area contributed by atoms with E-state index in [1.54, 1.807) is 6.92 Å². The quantitative estimate of drug-likeness (QED) is 0.392. The summed E-state index contributed by atoms with van der Waals surface area (Å²) in [5.41, 5.74) is -0.123. The molecule has 1 heterocycles. The summed E-state index contributed by atoms with van der Waals surface area (Å²) >= 11 is -2.40. The first-order valence-corrected chi connectivity index (χ1v) is 4.64. The molecule has 1 aromatic heterocycles. The molecule has 1 unspecified atom stereocenters. The second-order valence-electron chi connectivity index (χ2n) is 2.37. The Morgan fingerprint density at radius 2 is 2.07 bits per heavy atom. The van der Waals surface area contributed by atoms with E-state index in [0.717, 1.165) is 6.07 Å². The summed E-state index contributed by atoms with van der Waals surface area (Å²) in [6.07, 6.45) is 1.26. The van der Waals surface area contributed by atoms with Gasteiger partial charge in [0.25, 0.3) is 0 Å². The van der Waals surface area contributed by atoms with Crippen molar-refractivity contribution in [1.29, 1.82) is 0 Å². The number of rotatable bonds is 3. The van der Waals surface area contributed by atoms with Gasteiger partial charge in [-0.05, 0) is 24.1 Å². The molecule has 15 heavy (non-hydrogen) atoms. The first-order chi connectivity index (χ1) is 6.06. The van der Waals surface area contributed by atoms with Gasteiger partial charge in [-0.2, -0.15) is 0 Å². The maximum atomic E-state index is 10.5. The second kappa shape index (κ2) is 8.03. The van der Waals surface area contributed by atoms with Crippen molar-refractivity contribution in [3.8, 4) is 0 Å². The van der Waals surface area contributed by atoms with Gasteiger partial charge in [0.1, 0.15) is 0 Å². The van der Waals surface area contributed by atoms with Crippen molar-refractivity contribution >= 4 is 17.0 Å². The fourth-order valence-electron chi connectivity index (χ4n) is 1.01. The number of aromatic nitrogens is 1. The molecule has 0 fully saturated rings. The molecule has 0 aromatic carbocycles. The normalized spacial score (nSPS) is 11.1. The van der Waals surface area contributed by atoms with Gasteiger partial charge in [-0.15, -0.1) is 0 Å². The molecular formula is C7H7NNa2O4S. The third kappa shape index (κ3) is 4.70. The Kier molecular flexibility index (Phi) is 9.75. The maximum Gasteiger partial charge on any atom is 1.00 e. The summed E-state index contributed by atoms with van der Waals surface area (Å²) in [4.78, 5) is 10.4. The van der Waals surface area contributed by atoms with Crippen molar-refractivity contribution in [2.75, 3.05) is 0 Å². The van der Waals surface area contributed by atoms with E-state index in [0.29, 0.717) is 6.54 Å². The SMILES string of the molecule is CCn1cc(S(=O)[O-])cc1C(=O)[O-].[Na+].[Na+]. The molecule has 0 aliphatic heterocycles. The number of hydrogen-bond acceptors (Lipinski definition) is 4. The van der Waals surface area contributed by atoms with Crippen LogP contribution >= 0.6 is 0 Å². The van der Waals surface area contributed by atoms with Crippen molar-refractivity contribution in [2.24, 2.45) is 0 Å². The topological polar surface area (TPSA) is 85.2 Å². The minimum atomic E-state index is -2.40. The van der Waals surface area contributed by atoms with Gasteiger partial charge in [-0.1, -0.05) is 0 Å². The minimum Gasteiger partial charge on any atom is -0.768 e. The number of carbonyl (C=O) groups excluding carboxylic acids is 1. The van der Waals surface area contributed by atoms with Crippen LogP contribution < -0.4 is 64.2 Å². The molecule has 0 aliphatic rings. The van der Waals surface area contributed by atoms with Crippen LogP contribution in [0.3, 0.4) is 0 Å². The Morgan fingerprint density at radius 3 is 2.33 bits per heavy atom. The number of carboxylic acid groups (broad SMARTS) is 1. The van der Waals surface area contributed by atoms with Crippen molar-refractivity contribution < 1.29 is 77.8 Å². The Hall–Kier alpha value is 0.860. The van der Waals surface area contributed by atoms with Crippen molar-refractivity contribution in [1.82, 2.24) is 4.57 Å². The number of carbonyl (C=O) groups is 1. The van der Waals surface area contributed by atoms with Crippen LogP contribution in [0.25, 0.3) is 0 Å². The second-order valence-corrected chi connectivity index (χ2v) is 3.31. The van der Waals surface area contributed by atoms with Gasteiger partial charge in [-0.3, -0.25) is 4.21 Å². The smallest absolute Gasteiger partial charge is 0.768 e. The summed E-state index contributed by atoms with van der Waals surface area (Å²) in [5.74, 6) is -1.38. The third-order valence-corrected chi connectivity index (χ3v) is 2.22. The average Bonchev–Trinajstić information content (AvgIpc) is 2.47. The van der Waals surface area contributed by atoms with Crippen LogP contribution in [-0.2, 0) is 17.6 Å². The zero-order valence-electron chi connectivity index (χ0n) is 8.85. The number of aryl methyl sites for hydroxylation is 1. The van der Waals surface area contributed by atoms with E-state index < -0.39 is 17.0 Å². The predicted octanol–water partition coefficient (Wildman–Crippen LogP) is -6.88. The van der Waals surface area contributed by atoms with Gasteiger partial charge in [-0.25, -0.2) is 0 Å². The molecule has 0 aliphatic carbocycles. The van der Waals surface area contributed by atoms with Crippen LogP contribution in [0.1, 0.15) is 17.4 Å². The molecular weight excluding hydrogens is 240 g/mol. The maximum absolute atomic E-state index is 10.5. The van der Waals surface area contributed by atoms with Crippen LogP contribution in [0.4, 0.5) is 0 Å². The summed E-state index contributed by atoms with van der Waals surface area (Å²) in [7, 11) is 0. The molecule has 0 amide bonds. The van der Waals surface area contributed by atoms with Crippen LogP contribution in [-0.4, -0.2) is 19.3 Å². The molecule has 72 valence electrons. The molecule has 1 aromatic rings. The van der Waals surface area contributed by atoms with E-state index in [9.17, 15) is 18.7 Å².